The number of carbonyl (C=O) groups excluding carboxylic acids is 1. The van der Waals surface area contributed by atoms with E-state index < -0.39 is 15.7 Å². The minimum atomic E-state index is -4.05. The van der Waals surface area contributed by atoms with Crippen molar-refractivity contribution < 1.29 is 22.0 Å². The van der Waals surface area contributed by atoms with Crippen LogP contribution in [0.5, 0.6) is 0 Å². The Morgan fingerprint density at radius 1 is 1.19 bits per heavy atom. The second kappa shape index (κ2) is 9.54. The summed E-state index contributed by atoms with van der Waals surface area (Å²) < 4.78 is 45.3. The lowest BCUT2D eigenvalue weighted by molar-refractivity contribution is -0.119. The molecule has 2 heterocycles. The largest absolute Gasteiger partial charge is 0.428 e. The number of nitrogens with zero attached hydrogens (tertiary/aromatic N) is 1. The molecule has 1 aromatic carbocycles. The number of hydrogen-bond acceptors (Lipinski definition) is 7. The van der Waals surface area contributed by atoms with Crippen molar-refractivity contribution in [3.63, 3.8) is 0 Å². The zero-order valence-corrected chi connectivity index (χ0v) is 19.0. The summed E-state index contributed by atoms with van der Waals surface area (Å²) in [5, 5.41) is 4.62. The predicted molar refractivity (Wildman–Crippen MR) is 117 cm³/mol. The van der Waals surface area contributed by atoms with E-state index >= 15 is 0 Å². The van der Waals surface area contributed by atoms with Crippen molar-refractivity contribution in [3.8, 4) is 10.8 Å². The van der Waals surface area contributed by atoms with Crippen molar-refractivity contribution in [2.75, 3.05) is 5.75 Å². The van der Waals surface area contributed by atoms with E-state index in [0.29, 0.717) is 4.88 Å². The van der Waals surface area contributed by atoms with E-state index in [1.807, 2.05) is 11.4 Å². The van der Waals surface area contributed by atoms with Crippen LogP contribution in [-0.2, 0) is 14.6 Å². The molecule has 164 valence electrons. The third-order valence-corrected chi connectivity index (χ3v) is 8.59. The Morgan fingerprint density at radius 3 is 2.61 bits per heavy atom. The van der Waals surface area contributed by atoms with Crippen LogP contribution in [0.1, 0.15) is 32.1 Å². The molecule has 0 unspecified atom stereocenters. The second-order valence-electron chi connectivity index (χ2n) is 7.24. The number of sulfone groups is 1. The van der Waals surface area contributed by atoms with Crippen LogP contribution < -0.4 is 5.32 Å². The van der Waals surface area contributed by atoms with Crippen molar-refractivity contribution in [2.45, 2.75) is 53.2 Å². The fourth-order valence-corrected chi connectivity index (χ4v) is 6.42. The number of oxazole rings is 1. The van der Waals surface area contributed by atoms with E-state index in [9.17, 15) is 17.6 Å². The molecule has 1 fully saturated rings. The predicted octanol–water partition coefficient (Wildman–Crippen LogP) is 4.92. The molecule has 1 N–H and O–H groups in total. The molecule has 3 aromatic rings. The molecule has 4 rings (SSSR count). The van der Waals surface area contributed by atoms with E-state index in [1.165, 1.54) is 29.9 Å². The molecule has 0 bridgehead atoms. The summed E-state index contributed by atoms with van der Waals surface area (Å²) in [5.41, 5.74) is 0. The highest BCUT2D eigenvalue weighted by molar-refractivity contribution is 8.00. The van der Waals surface area contributed by atoms with Crippen LogP contribution in [0.2, 0.25) is 0 Å². The van der Waals surface area contributed by atoms with Crippen LogP contribution >= 0.6 is 23.1 Å². The third kappa shape index (κ3) is 5.19. The highest BCUT2D eigenvalue weighted by Gasteiger charge is 2.29. The maximum absolute atomic E-state index is 13.3. The molecule has 31 heavy (non-hydrogen) atoms. The first-order valence-electron chi connectivity index (χ1n) is 9.91. The van der Waals surface area contributed by atoms with Gasteiger partial charge in [-0.3, -0.25) is 4.79 Å². The minimum absolute atomic E-state index is 0.0154. The molecular formula is C21H21FN2O4S3. The quantitative estimate of drug-likeness (QED) is 0.382. The highest BCUT2D eigenvalue weighted by Crippen LogP contribution is 2.36. The van der Waals surface area contributed by atoms with Gasteiger partial charge in [0.15, 0.2) is 0 Å². The monoisotopic (exact) mass is 480 g/mol. The van der Waals surface area contributed by atoms with E-state index in [0.717, 1.165) is 49.6 Å². The molecule has 1 aliphatic rings. The molecule has 0 atom stereocenters. The lowest BCUT2D eigenvalue weighted by Crippen LogP contribution is -2.37. The van der Waals surface area contributed by atoms with Crippen molar-refractivity contribution in [2.24, 2.45) is 0 Å². The Kier molecular flexibility index (Phi) is 6.78. The average Bonchev–Trinajstić information content (AvgIpc) is 3.43. The highest BCUT2D eigenvalue weighted by atomic mass is 32.2. The summed E-state index contributed by atoms with van der Waals surface area (Å²) >= 11 is 2.36. The normalized spacial score (nSPS) is 15.1. The molecule has 1 aliphatic carbocycles. The SMILES string of the molecule is O=C(CSc1oc(-c2cccs2)nc1S(=O)(=O)c1ccc(F)cc1)NC1CCCCC1. The first-order valence-corrected chi connectivity index (χ1v) is 13.3. The van der Waals surface area contributed by atoms with Crippen LogP contribution in [0, 0.1) is 5.82 Å². The van der Waals surface area contributed by atoms with Gasteiger partial charge >= 0.3 is 0 Å². The molecule has 2 aromatic heterocycles. The Labute approximate surface area is 188 Å². The third-order valence-electron chi connectivity index (χ3n) is 4.98. The van der Waals surface area contributed by atoms with Crippen LogP contribution in [0.15, 0.2) is 61.2 Å². The van der Waals surface area contributed by atoms with Gasteiger partial charge in [0.25, 0.3) is 0 Å². The summed E-state index contributed by atoms with van der Waals surface area (Å²) in [7, 11) is -4.05. The number of nitrogens with one attached hydrogen (secondary N) is 1. The minimum Gasteiger partial charge on any atom is -0.428 e. The van der Waals surface area contributed by atoms with Gasteiger partial charge in [0.05, 0.1) is 15.5 Å². The van der Waals surface area contributed by atoms with Gasteiger partial charge in [-0.05, 0) is 48.6 Å². The van der Waals surface area contributed by atoms with Crippen LogP contribution in [0.25, 0.3) is 10.8 Å². The summed E-state index contributed by atoms with van der Waals surface area (Å²) in [6.07, 6.45) is 5.32. The van der Waals surface area contributed by atoms with Crippen molar-refractivity contribution >= 4 is 38.8 Å². The molecule has 0 aliphatic heterocycles. The molecule has 0 radical (unpaired) electrons. The van der Waals surface area contributed by atoms with Gasteiger partial charge in [0.2, 0.25) is 31.8 Å². The molecular weight excluding hydrogens is 459 g/mol. The van der Waals surface area contributed by atoms with Gasteiger partial charge in [-0.25, -0.2) is 12.8 Å². The van der Waals surface area contributed by atoms with Gasteiger partial charge in [0, 0.05) is 6.04 Å². The van der Waals surface area contributed by atoms with Crippen LogP contribution in [0.4, 0.5) is 4.39 Å². The lowest BCUT2D eigenvalue weighted by Gasteiger charge is -2.22. The Bertz CT molecular complexity index is 1140. The number of hydrogen-bond donors (Lipinski definition) is 1. The van der Waals surface area contributed by atoms with Gasteiger partial charge in [-0.15, -0.1) is 11.3 Å². The van der Waals surface area contributed by atoms with Gasteiger partial charge < -0.3 is 9.73 Å². The van der Waals surface area contributed by atoms with E-state index in [-0.39, 0.29) is 38.6 Å². The van der Waals surface area contributed by atoms with Crippen molar-refractivity contribution in [3.05, 3.63) is 47.6 Å². The van der Waals surface area contributed by atoms with Crippen molar-refractivity contribution in [1.29, 1.82) is 0 Å². The number of carbonyl (C=O) groups is 1. The smallest absolute Gasteiger partial charge is 0.238 e. The fourth-order valence-electron chi connectivity index (χ4n) is 3.43. The summed E-state index contributed by atoms with van der Waals surface area (Å²) in [6, 6.07) is 8.29. The number of aromatic nitrogens is 1. The van der Waals surface area contributed by atoms with E-state index in [4.69, 9.17) is 4.42 Å². The van der Waals surface area contributed by atoms with Crippen LogP contribution in [0.3, 0.4) is 0 Å². The second-order valence-corrected chi connectivity index (χ2v) is 11.0. The van der Waals surface area contributed by atoms with Crippen molar-refractivity contribution in [1.82, 2.24) is 10.3 Å². The van der Waals surface area contributed by atoms with E-state index in [1.54, 1.807) is 6.07 Å². The lowest BCUT2D eigenvalue weighted by atomic mass is 9.95. The molecule has 6 nitrogen and oxygen atoms in total. The standard InChI is InChI=1S/C21H21FN2O4S3/c22-14-8-10-16(11-9-14)31(26,27)20-21(28-19(24-20)17-7-4-12-29-17)30-13-18(25)23-15-5-2-1-3-6-15/h4,7-12,15H,1-3,5-6,13H2,(H,23,25). The maximum atomic E-state index is 13.3. The number of thioether (sulfide) groups is 1. The Morgan fingerprint density at radius 2 is 1.94 bits per heavy atom. The average molecular weight is 481 g/mol. The Hall–Kier alpha value is -2.17. The zero-order valence-electron chi connectivity index (χ0n) is 16.5. The molecule has 0 saturated heterocycles. The number of rotatable bonds is 7. The van der Waals surface area contributed by atoms with Gasteiger partial charge in [-0.1, -0.05) is 37.1 Å². The Balaban J connectivity index is 1.58. The number of halogens is 1. The van der Waals surface area contributed by atoms with Gasteiger partial charge in [0.1, 0.15) is 5.82 Å². The summed E-state index contributed by atoms with van der Waals surface area (Å²) in [4.78, 5) is 17.2. The first-order chi connectivity index (χ1) is 14.9. The molecule has 0 spiro atoms. The van der Waals surface area contributed by atoms with E-state index in [2.05, 4.69) is 10.3 Å². The summed E-state index contributed by atoms with van der Waals surface area (Å²) in [5.74, 6) is -0.518. The zero-order chi connectivity index (χ0) is 21.8. The number of thiophene rings is 1. The number of benzene rings is 1. The number of amides is 1. The first kappa shape index (κ1) is 22.0. The molecule has 1 saturated carbocycles. The summed E-state index contributed by atoms with van der Waals surface area (Å²) in [6.45, 7) is 0. The fraction of sp³-hybridized carbons (Fsp3) is 0.333. The molecule has 10 heteroatoms. The van der Waals surface area contributed by atoms with Crippen LogP contribution in [-0.4, -0.2) is 31.1 Å². The topological polar surface area (TPSA) is 89.3 Å². The van der Waals surface area contributed by atoms with Gasteiger partial charge in [-0.2, -0.15) is 4.98 Å². The maximum Gasteiger partial charge on any atom is 0.238 e. The molecule has 1 amide bonds.